The number of benzene rings is 2. The lowest BCUT2D eigenvalue weighted by Gasteiger charge is -2.46. The van der Waals surface area contributed by atoms with E-state index in [1.54, 1.807) is 0 Å². The highest BCUT2D eigenvalue weighted by Gasteiger charge is 2.51. The van der Waals surface area contributed by atoms with Crippen LogP contribution in [0.2, 0.25) is 0 Å². The van der Waals surface area contributed by atoms with Crippen molar-refractivity contribution in [2.24, 2.45) is 21.2 Å². The van der Waals surface area contributed by atoms with Crippen LogP contribution in [0.1, 0.15) is 142 Å². The number of carbonyl (C=O) groups excluding carboxylic acids is 1. The summed E-state index contributed by atoms with van der Waals surface area (Å²) >= 11 is 0. The van der Waals surface area contributed by atoms with E-state index in [4.69, 9.17) is 0 Å². The van der Waals surface area contributed by atoms with Crippen LogP contribution in [0, 0.1) is 10.8 Å². The largest absolute Gasteiger partial charge is 0.294 e. The number of ketones is 1. The smallest absolute Gasteiger partial charge is 0.270 e. The molecule has 8 heteroatoms. The minimum Gasteiger partial charge on any atom is -0.294 e. The van der Waals surface area contributed by atoms with E-state index in [-0.39, 0.29) is 22.8 Å². The van der Waals surface area contributed by atoms with Crippen molar-refractivity contribution in [2.75, 3.05) is 0 Å². The molecule has 2 N–H and O–H groups in total. The molecule has 2 aliphatic heterocycles. The fraction of sp³-hybridized carbons (Fsp3) is 0.571. The van der Waals surface area contributed by atoms with Gasteiger partial charge < -0.3 is 0 Å². The molecule has 0 saturated heterocycles. The Bertz CT molecular complexity index is 1750. The Morgan fingerprint density at radius 3 is 2.34 bits per heavy atom. The van der Waals surface area contributed by atoms with Gasteiger partial charge in [-0.1, -0.05) is 127 Å². The van der Waals surface area contributed by atoms with Crippen LogP contribution >= 0.6 is 0 Å². The minimum atomic E-state index is -0.655. The van der Waals surface area contributed by atoms with E-state index in [1.165, 1.54) is 5.69 Å². The molecule has 3 aliphatic rings. The molecule has 2 atom stereocenters. The molecule has 3 aromatic rings. The Kier molecular flexibility index (Phi) is 11.7. The maximum atomic E-state index is 14.8. The van der Waals surface area contributed by atoms with Crippen LogP contribution in [0.15, 0.2) is 75.3 Å². The lowest BCUT2D eigenvalue weighted by molar-refractivity contribution is -0.132. The first kappa shape index (κ1) is 37.5. The maximum Gasteiger partial charge on any atom is 0.270 e. The molecule has 2 aromatic carbocycles. The number of nitrogens with one attached hydrogen (secondary N) is 2. The third-order valence-electron chi connectivity index (χ3n) is 11.2. The summed E-state index contributed by atoms with van der Waals surface area (Å²) in [4.78, 5) is 29.5. The molecule has 0 spiro atoms. The van der Waals surface area contributed by atoms with Gasteiger partial charge in [-0.05, 0) is 80.1 Å². The molecule has 6 rings (SSSR count). The van der Waals surface area contributed by atoms with Gasteiger partial charge in [-0.3, -0.25) is 14.3 Å². The van der Waals surface area contributed by atoms with Gasteiger partial charge in [0.05, 0.1) is 11.5 Å². The first-order valence-electron chi connectivity index (χ1n) is 19.2. The van der Waals surface area contributed by atoms with E-state index >= 15 is 0 Å². The number of hydrazine groups is 1. The number of aromatic nitrogens is 2. The van der Waals surface area contributed by atoms with Gasteiger partial charge in [0.15, 0.2) is 11.4 Å². The maximum absolute atomic E-state index is 14.8. The summed E-state index contributed by atoms with van der Waals surface area (Å²) in [6, 6.07) is 16.8. The highest BCUT2D eigenvalue weighted by molar-refractivity contribution is 6.01. The van der Waals surface area contributed by atoms with Gasteiger partial charge in [0.2, 0.25) is 0 Å². The molecule has 3 heterocycles. The number of fused-ring (bicyclic) bond motifs is 1. The number of allylic oxidation sites excluding steroid dienone is 2. The number of nitrogens with zero attached hydrogens (tertiary/aromatic N) is 4. The molecule has 270 valence electrons. The molecule has 8 nitrogen and oxygen atoms in total. The Morgan fingerprint density at radius 1 is 1.02 bits per heavy atom. The second kappa shape index (κ2) is 15.6. The summed E-state index contributed by atoms with van der Waals surface area (Å²) in [7, 11) is 0. The number of rotatable bonds is 10. The van der Waals surface area contributed by atoms with Crippen molar-refractivity contribution >= 4 is 5.78 Å². The standard InChI is InChI=1S/C40H54N6O2.C2H6/c1-7-9-18-34-31(27-28-20-22-29(23-21-28)30-16-11-12-17-33(30)39(6)41-43-44-42-39)37(48)46-35(19-15-26-45(34)46)40(24-13-10-14-25-40)36(47)32(8-2)38(3,4)5;1-2/h8,11-12,16-17,20-23,35H,7,9-10,13-15,18-19,24-27H2,1-6H3,(H,41,44)(H,42,43);1-2H3. The average molecular weight is 681 g/mol. The fourth-order valence-corrected chi connectivity index (χ4v) is 8.72. The van der Waals surface area contributed by atoms with Gasteiger partial charge >= 0.3 is 0 Å². The van der Waals surface area contributed by atoms with Crippen LogP contribution in [-0.4, -0.2) is 15.1 Å². The molecule has 0 amide bonds. The van der Waals surface area contributed by atoms with Crippen molar-refractivity contribution in [3.63, 3.8) is 0 Å². The normalized spacial score (nSPS) is 21.6. The number of carbonyl (C=O) groups is 1. The van der Waals surface area contributed by atoms with Gasteiger partial charge in [0, 0.05) is 29.8 Å². The summed E-state index contributed by atoms with van der Waals surface area (Å²) in [6.07, 6.45) is 12.4. The quantitative estimate of drug-likeness (QED) is 0.209. The lowest BCUT2D eigenvalue weighted by atomic mass is 9.61. The zero-order chi connectivity index (χ0) is 36.1. The molecule has 1 saturated carbocycles. The predicted octanol–water partition coefficient (Wildman–Crippen LogP) is 9.77. The Labute approximate surface area is 299 Å². The van der Waals surface area contributed by atoms with Crippen molar-refractivity contribution in [3.8, 4) is 11.1 Å². The van der Waals surface area contributed by atoms with Crippen molar-refractivity contribution in [1.29, 1.82) is 0 Å². The molecule has 2 unspecified atom stereocenters. The third kappa shape index (κ3) is 7.05. The summed E-state index contributed by atoms with van der Waals surface area (Å²) in [5.41, 5.74) is 11.9. The van der Waals surface area contributed by atoms with E-state index in [0.29, 0.717) is 6.42 Å². The van der Waals surface area contributed by atoms with Crippen molar-refractivity contribution < 1.29 is 4.79 Å². The molecule has 1 fully saturated rings. The summed E-state index contributed by atoms with van der Waals surface area (Å²) in [5, 5.41) is 8.35. The van der Waals surface area contributed by atoms with E-state index in [9.17, 15) is 9.59 Å². The third-order valence-corrected chi connectivity index (χ3v) is 11.2. The van der Waals surface area contributed by atoms with Crippen LogP contribution in [0.5, 0.6) is 0 Å². The van der Waals surface area contributed by atoms with Crippen LogP contribution in [-0.2, 0) is 29.8 Å². The Balaban J connectivity index is 0.00000239. The number of hydrogen-bond acceptors (Lipinski definition) is 6. The zero-order valence-corrected chi connectivity index (χ0v) is 31.9. The van der Waals surface area contributed by atoms with Gasteiger partial charge in [0.25, 0.3) is 5.56 Å². The van der Waals surface area contributed by atoms with Crippen molar-refractivity contribution in [2.45, 2.75) is 144 Å². The van der Waals surface area contributed by atoms with Crippen LogP contribution in [0.25, 0.3) is 11.1 Å². The monoisotopic (exact) mass is 680 g/mol. The molecule has 0 radical (unpaired) electrons. The first-order valence-corrected chi connectivity index (χ1v) is 19.2. The van der Waals surface area contributed by atoms with Crippen LogP contribution in [0.4, 0.5) is 0 Å². The number of Topliss-reactive ketones (excluding diaryl/α,β-unsaturated/α-hetero) is 1. The zero-order valence-electron chi connectivity index (χ0n) is 31.9. The molecule has 1 aliphatic carbocycles. The van der Waals surface area contributed by atoms with Gasteiger partial charge in [-0.25, -0.2) is 10.2 Å². The lowest BCUT2D eigenvalue weighted by Crippen LogP contribution is -2.49. The number of hydrogen-bond donors (Lipinski definition) is 2. The van der Waals surface area contributed by atoms with Gasteiger partial charge in [-0.15, -0.1) is 5.11 Å². The molecular weight excluding hydrogens is 621 g/mol. The Hall–Kier alpha value is -3.78. The molecule has 1 aromatic heterocycles. The molecule has 0 bridgehead atoms. The Morgan fingerprint density at radius 2 is 1.72 bits per heavy atom. The van der Waals surface area contributed by atoms with E-state index in [1.807, 2.05) is 45.9 Å². The summed E-state index contributed by atoms with van der Waals surface area (Å²) in [6.45, 7) is 17.5. The highest BCUT2D eigenvalue weighted by Crippen LogP contribution is 2.51. The van der Waals surface area contributed by atoms with Crippen LogP contribution in [0.3, 0.4) is 0 Å². The van der Waals surface area contributed by atoms with Gasteiger partial charge in [0.1, 0.15) is 0 Å². The van der Waals surface area contributed by atoms with Crippen LogP contribution < -0.4 is 16.5 Å². The van der Waals surface area contributed by atoms with E-state index in [2.05, 4.69) is 94.8 Å². The summed E-state index contributed by atoms with van der Waals surface area (Å²) < 4.78 is 4.38. The van der Waals surface area contributed by atoms with Crippen molar-refractivity contribution in [1.82, 2.24) is 20.3 Å². The second-order valence-electron chi connectivity index (χ2n) is 15.4. The SMILES string of the molecule is CC.CC=C(C(=O)C1(C2CCCn3c(CCCC)c(Cc4ccc(-c5ccccc5C5(C)N=NNN5)cc4)c(=O)n32)CCCCC1)C(C)(C)C. The molecular formula is C42H60N6O2. The highest BCUT2D eigenvalue weighted by atomic mass is 16.1. The number of unbranched alkanes of at least 4 members (excludes halogenated alkanes) is 1. The fourth-order valence-electron chi connectivity index (χ4n) is 8.72. The first-order chi connectivity index (χ1) is 24.0. The molecule has 50 heavy (non-hydrogen) atoms. The topological polar surface area (TPSA) is 92.8 Å². The second-order valence-corrected chi connectivity index (χ2v) is 15.4. The average Bonchev–Trinajstić information content (AvgIpc) is 3.69. The minimum absolute atomic E-state index is 0.105. The predicted molar refractivity (Wildman–Crippen MR) is 204 cm³/mol. The van der Waals surface area contributed by atoms with Gasteiger partial charge in [-0.2, -0.15) is 5.43 Å². The van der Waals surface area contributed by atoms with E-state index in [0.717, 1.165) is 104 Å². The van der Waals surface area contributed by atoms with Crippen molar-refractivity contribution in [3.05, 3.63) is 92.9 Å². The van der Waals surface area contributed by atoms with E-state index < -0.39 is 11.1 Å². The summed E-state index contributed by atoms with van der Waals surface area (Å²) in [5.74, 6) is 0.273.